The van der Waals surface area contributed by atoms with Crippen LogP contribution in [0.4, 0.5) is 0 Å². The summed E-state index contributed by atoms with van der Waals surface area (Å²) in [6.45, 7) is 4.80. The highest BCUT2D eigenvalue weighted by Gasteiger charge is 2.71. The van der Waals surface area contributed by atoms with Crippen molar-refractivity contribution >= 4 is 11.9 Å². The van der Waals surface area contributed by atoms with Crippen molar-refractivity contribution in [3.63, 3.8) is 0 Å². The van der Waals surface area contributed by atoms with Gasteiger partial charge in [-0.3, -0.25) is 9.59 Å². The molecule has 0 radical (unpaired) electrons. The van der Waals surface area contributed by atoms with Gasteiger partial charge in [-0.2, -0.15) is 0 Å². The van der Waals surface area contributed by atoms with E-state index in [1.807, 2.05) is 0 Å². The Kier molecular flexibility index (Phi) is 4.79. The molecule has 7 fully saturated rings. The Morgan fingerprint density at radius 1 is 0.727 bits per heavy atom. The zero-order valence-electron chi connectivity index (χ0n) is 20.4. The Bertz CT molecular complexity index is 840. The number of hydrogen-bond donors (Lipinski definition) is 0. The first-order chi connectivity index (χ1) is 16.0. The molecular weight excluding hydrogens is 416 g/mol. The van der Waals surface area contributed by atoms with E-state index in [4.69, 9.17) is 14.2 Å². The maximum Gasteiger partial charge on any atom is 0.312 e. The van der Waals surface area contributed by atoms with Crippen LogP contribution in [0.15, 0.2) is 0 Å². The maximum absolute atomic E-state index is 13.8. The number of ether oxygens (including phenoxy) is 3. The van der Waals surface area contributed by atoms with Gasteiger partial charge in [0.15, 0.2) is 6.79 Å². The third kappa shape index (κ3) is 2.75. The zero-order chi connectivity index (χ0) is 22.6. The van der Waals surface area contributed by atoms with Crippen molar-refractivity contribution in [2.45, 2.75) is 64.9 Å². The van der Waals surface area contributed by atoms with Gasteiger partial charge >= 0.3 is 11.9 Å². The van der Waals surface area contributed by atoms with Crippen LogP contribution in [-0.2, 0) is 23.8 Å². The summed E-state index contributed by atoms with van der Waals surface area (Å²) in [4.78, 5) is 27.1. The fraction of sp³-hybridized carbons (Fsp3) is 0.929. The summed E-state index contributed by atoms with van der Waals surface area (Å²) in [6, 6.07) is 0. The van der Waals surface area contributed by atoms with Gasteiger partial charge in [0.25, 0.3) is 0 Å². The smallest absolute Gasteiger partial charge is 0.312 e. The Hall–Kier alpha value is -1.10. The molecule has 7 aliphatic rings. The fourth-order valence-corrected chi connectivity index (χ4v) is 11.5. The van der Waals surface area contributed by atoms with E-state index in [0.717, 1.165) is 48.3 Å². The van der Waals surface area contributed by atoms with Crippen LogP contribution in [0, 0.1) is 82.9 Å². The lowest BCUT2D eigenvalue weighted by Crippen LogP contribution is -2.48. The molecule has 6 bridgehead atoms. The van der Waals surface area contributed by atoms with E-state index in [1.54, 1.807) is 7.11 Å². The van der Waals surface area contributed by atoms with Gasteiger partial charge in [0, 0.05) is 7.11 Å². The molecule has 7 aliphatic carbocycles. The van der Waals surface area contributed by atoms with Gasteiger partial charge in [-0.15, -0.1) is 0 Å². The molecule has 0 aromatic rings. The predicted molar refractivity (Wildman–Crippen MR) is 120 cm³/mol. The monoisotopic (exact) mass is 456 g/mol. The van der Waals surface area contributed by atoms with Gasteiger partial charge in [0.1, 0.15) is 6.10 Å². The van der Waals surface area contributed by atoms with Gasteiger partial charge in [-0.25, -0.2) is 0 Å². The molecule has 7 saturated carbocycles. The van der Waals surface area contributed by atoms with Crippen LogP contribution >= 0.6 is 0 Å². The van der Waals surface area contributed by atoms with Gasteiger partial charge < -0.3 is 14.2 Å². The zero-order valence-corrected chi connectivity index (χ0v) is 20.4. The van der Waals surface area contributed by atoms with Crippen molar-refractivity contribution in [2.24, 2.45) is 82.9 Å². The number of rotatable bonds is 5. The quantitative estimate of drug-likeness (QED) is 0.345. The average molecular weight is 457 g/mol. The fourth-order valence-electron chi connectivity index (χ4n) is 11.5. The molecule has 0 heterocycles. The molecule has 0 aliphatic heterocycles. The summed E-state index contributed by atoms with van der Waals surface area (Å²) in [5, 5.41) is 0. The Morgan fingerprint density at radius 3 is 2.06 bits per heavy atom. The van der Waals surface area contributed by atoms with Crippen LogP contribution < -0.4 is 0 Å². The van der Waals surface area contributed by atoms with Crippen LogP contribution in [0.1, 0.15) is 58.8 Å². The van der Waals surface area contributed by atoms with Crippen molar-refractivity contribution in [3.8, 4) is 0 Å². The molecule has 0 aromatic carbocycles. The van der Waals surface area contributed by atoms with Crippen LogP contribution in [0.3, 0.4) is 0 Å². The Labute approximate surface area is 197 Å². The molecular formula is C28H40O5. The van der Waals surface area contributed by atoms with Gasteiger partial charge in [-0.1, -0.05) is 20.3 Å². The lowest BCUT2D eigenvalue weighted by molar-refractivity contribution is -0.178. The van der Waals surface area contributed by atoms with Crippen molar-refractivity contribution < 1.29 is 23.8 Å². The molecule has 15 atom stereocenters. The van der Waals surface area contributed by atoms with Crippen molar-refractivity contribution in [1.29, 1.82) is 0 Å². The summed E-state index contributed by atoms with van der Waals surface area (Å²) >= 11 is 0. The minimum Gasteiger partial charge on any atom is -0.462 e. The highest BCUT2D eigenvalue weighted by Crippen LogP contribution is 2.73. The predicted octanol–water partition coefficient (Wildman–Crippen LogP) is 4.54. The minimum absolute atomic E-state index is 0.0302. The SMILES string of the molecule is COCOC(=O)C1C2CC(C1C(=O)OC1CC3CC1C1CCCC31)C1C3CC(C(C)C3C)C21. The molecule has 0 amide bonds. The van der Waals surface area contributed by atoms with Crippen molar-refractivity contribution in [2.75, 3.05) is 13.9 Å². The minimum atomic E-state index is -0.335. The number of esters is 2. The van der Waals surface area contributed by atoms with Gasteiger partial charge in [0.05, 0.1) is 11.8 Å². The van der Waals surface area contributed by atoms with Crippen LogP contribution in [0.5, 0.6) is 0 Å². The standard InChI is InChI=1S/C28H40O5/c1-12-13(2)18-9-17(12)23-20-10-21(24(18)23)26(25(20)27(29)32-11-31-3)28(30)33-22-8-14-7-19(22)16-6-4-5-15(14)16/h12-26H,4-11H2,1-3H3. The second-order valence-electron chi connectivity index (χ2n) is 13.1. The van der Waals surface area contributed by atoms with E-state index < -0.39 is 0 Å². The first kappa shape index (κ1) is 21.2. The van der Waals surface area contributed by atoms with Crippen LogP contribution in [0.25, 0.3) is 0 Å². The molecule has 182 valence electrons. The molecule has 0 aromatic heterocycles. The molecule has 33 heavy (non-hydrogen) atoms. The molecule has 0 saturated heterocycles. The van der Waals surface area contributed by atoms with E-state index in [2.05, 4.69) is 13.8 Å². The molecule has 5 nitrogen and oxygen atoms in total. The summed E-state index contributed by atoms with van der Waals surface area (Å²) in [5.74, 6) is 6.74. The normalized spacial score (nSPS) is 56.9. The average Bonchev–Trinajstić information content (AvgIpc) is 3.62. The Morgan fingerprint density at radius 2 is 1.36 bits per heavy atom. The number of carbonyl (C=O) groups is 2. The molecule has 0 spiro atoms. The highest BCUT2D eigenvalue weighted by atomic mass is 16.7. The summed E-state index contributed by atoms with van der Waals surface area (Å²) in [6.07, 6.45) is 8.77. The highest BCUT2D eigenvalue weighted by molar-refractivity contribution is 5.84. The lowest BCUT2D eigenvalue weighted by Gasteiger charge is -2.45. The van der Waals surface area contributed by atoms with E-state index in [9.17, 15) is 9.59 Å². The summed E-state index contributed by atoms with van der Waals surface area (Å²) < 4.78 is 16.9. The van der Waals surface area contributed by atoms with Crippen molar-refractivity contribution in [3.05, 3.63) is 0 Å². The molecule has 15 unspecified atom stereocenters. The van der Waals surface area contributed by atoms with E-state index in [0.29, 0.717) is 29.6 Å². The molecule has 0 N–H and O–H groups in total. The largest absolute Gasteiger partial charge is 0.462 e. The summed E-state index contributed by atoms with van der Waals surface area (Å²) in [5.41, 5.74) is 0. The summed E-state index contributed by atoms with van der Waals surface area (Å²) in [7, 11) is 1.54. The van der Waals surface area contributed by atoms with E-state index >= 15 is 0 Å². The lowest BCUT2D eigenvalue weighted by atomic mass is 9.59. The third-order valence-electron chi connectivity index (χ3n) is 12.5. The first-order valence-corrected chi connectivity index (χ1v) is 13.9. The van der Waals surface area contributed by atoms with Gasteiger partial charge in [0.2, 0.25) is 0 Å². The Balaban J connectivity index is 1.14. The topological polar surface area (TPSA) is 61.8 Å². The number of carbonyl (C=O) groups excluding carboxylic acids is 2. The molecule has 7 rings (SSSR count). The second kappa shape index (κ2) is 7.45. The maximum atomic E-state index is 13.8. The van der Waals surface area contributed by atoms with Crippen LogP contribution in [0.2, 0.25) is 0 Å². The second-order valence-corrected chi connectivity index (χ2v) is 13.1. The van der Waals surface area contributed by atoms with Crippen molar-refractivity contribution in [1.82, 2.24) is 0 Å². The van der Waals surface area contributed by atoms with E-state index in [1.165, 1.54) is 32.1 Å². The van der Waals surface area contributed by atoms with E-state index in [-0.39, 0.29) is 42.6 Å². The first-order valence-electron chi connectivity index (χ1n) is 13.9. The van der Waals surface area contributed by atoms with Gasteiger partial charge in [-0.05, 0) is 110 Å². The third-order valence-corrected chi connectivity index (χ3v) is 12.5. The number of fused-ring (bicyclic) bond motifs is 14. The molecule has 5 heteroatoms. The number of methoxy groups -OCH3 is 1. The number of hydrogen-bond acceptors (Lipinski definition) is 5. The van der Waals surface area contributed by atoms with Crippen LogP contribution in [-0.4, -0.2) is 31.9 Å².